The van der Waals surface area contributed by atoms with E-state index in [1.807, 2.05) is 0 Å². The van der Waals surface area contributed by atoms with Gasteiger partial charge in [-0.1, -0.05) is 26.0 Å². The summed E-state index contributed by atoms with van der Waals surface area (Å²) in [6.07, 6.45) is 7.17. The van der Waals surface area contributed by atoms with Gasteiger partial charge in [0.1, 0.15) is 0 Å². The second-order valence-electron chi connectivity index (χ2n) is 6.11. The normalized spacial score (nSPS) is 49.6. The van der Waals surface area contributed by atoms with E-state index in [1.165, 1.54) is 12.8 Å². The van der Waals surface area contributed by atoms with Crippen LogP contribution in [-0.2, 0) is 4.79 Å². The molecule has 2 heteroatoms. The van der Waals surface area contributed by atoms with Crippen molar-refractivity contribution < 1.29 is 9.90 Å². The molecule has 0 amide bonds. The third-order valence-corrected chi connectivity index (χ3v) is 4.97. The molecule has 0 spiro atoms. The van der Waals surface area contributed by atoms with Gasteiger partial charge in [-0.05, 0) is 41.9 Å². The molecule has 0 aromatic heterocycles. The number of hydrogen-bond donors (Lipinski definition) is 1. The van der Waals surface area contributed by atoms with E-state index in [-0.39, 0.29) is 11.3 Å². The van der Waals surface area contributed by atoms with Gasteiger partial charge in [-0.25, -0.2) is 0 Å². The fraction of sp³-hybridized carbons (Fsp3) is 0.769. The summed E-state index contributed by atoms with van der Waals surface area (Å²) in [6.45, 7) is 4.23. The molecule has 5 unspecified atom stereocenters. The number of allylic oxidation sites excluding steroid dienone is 2. The third kappa shape index (κ3) is 1.14. The molecule has 3 aliphatic rings. The molecule has 0 aromatic carbocycles. The predicted octanol–water partition coefficient (Wildman–Crippen LogP) is 2.56. The molecule has 3 rings (SSSR count). The van der Waals surface area contributed by atoms with Crippen molar-refractivity contribution in [2.24, 2.45) is 35.0 Å². The van der Waals surface area contributed by atoms with Gasteiger partial charge in [0, 0.05) is 0 Å². The van der Waals surface area contributed by atoms with Crippen LogP contribution in [0.2, 0.25) is 0 Å². The molecule has 0 aliphatic heterocycles. The minimum Gasteiger partial charge on any atom is -0.481 e. The van der Waals surface area contributed by atoms with E-state index in [4.69, 9.17) is 0 Å². The Bertz CT molecular complexity index is 342. The minimum absolute atomic E-state index is 0.0365. The summed E-state index contributed by atoms with van der Waals surface area (Å²) in [5, 5.41) is 9.17. The lowest BCUT2D eigenvalue weighted by Gasteiger charge is -2.19. The lowest BCUT2D eigenvalue weighted by atomic mass is 9.86. The third-order valence-electron chi connectivity index (χ3n) is 4.97. The van der Waals surface area contributed by atoms with Crippen LogP contribution in [0.15, 0.2) is 12.2 Å². The molecule has 0 heterocycles. The summed E-state index contributed by atoms with van der Waals surface area (Å²) in [6, 6.07) is 0. The zero-order valence-corrected chi connectivity index (χ0v) is 9.31. The largest absolute Gasteiger partial charge is 0.481 e. The fourth-order valence-electron chi connectivity index (χ4n) is 4.18. The van der Waals surface area contributed by atoms with Crippen molar-refractivity contribution >= 4 is 5.97 Å². The highest BCUT2D eigenvalue weighted by Gasteiger charge is 2.66. The maximum absolute atomic E-state index is 11.1. The molecule has 15 heavy (non-hydrogen) atoms. The molecule has 82 valence electrons. The summed E-state index contributed by atoms with van der Waals surface area (Å²) in [5.41, 5.74) is 0.0365. The average molecular weight is 206 g/mol. The number of carboxylic acids is 1. The highest BCUT2D eigenvalue weighted by Crippen LogP contribution is 2.67. The van der Waals surface area contributed by atoms with Crippen LogP contribution < -0.4 is 0 Å². The first kappa shape index (κ1) is 9.44. The molecule has 2 saturated carbocycles. The van der Waals surface area contributed by atoms with Gasteiger partial charge in [0.25, 0.3) is 0 Å². The SMILES string of the molecule is CC1(C)C(C(=O)O)C1C1CC2C=CC1C2. The Kier molecular flexibility index (Phi) is 1.67. The number of carboxylic acid groups (broad SMARTS) is 1. The molecule has 2 bridgehead atoms. The molecular weight excluding hydrogens is 188 g/mol. The summed E-state index contributed by atoms with van der Waals surface area (Å²) in [5.74, 6) is 1.84. The Morgan fingerprint density at radius 3 is 2.47 bits per heavy atom. The van der Waals surface area contributed by atoms with Gasteiger partial charge in [0.2, 0.25) is 0 Å². The van der Waals surface area contributed by atoms with E-state index in [0.717, 1.165) is 5.92 Å². The second kappa shape index (κ2) is 2.66. The van der Waals surface area contributed by atoms with Gasteiger partial charge in [-0.2, -0.15) is 0 Å². The Morgan fingerprint density at radius 2 is 2.07 bits per heavy atom. The lowest BCUT2D eigenvalue weighted by molar-refractivity contribution is -0.139. The van der Waals surface area contributed by atoms with E-state index in [0.29, 0.717) is 17.8 Å². The van der Waals surface area contributed by atoms with Crippen molar-refractivity contribution in [3.05, 3.63) is 12.2 Å². The highest BCUT2D eigenvalue weighted by molar-refractivity contribution is 5.75. The summed E-state index contributed by atoms with van der Waals surface area (Å²) in [7, 11) is 0. The molecule has 2 fully saturated rings. The van der Waals surface area contributed by atoms with Crippen LogP contribution in [0.25, 0.3) is 0 Å². The van der Waals surface area contributed by atoms with Crippen molar-refractivity contribution in [2.75, 3.05) is 0 Å². The molecule has 0 radical (unpaired) electrons. The number of aliphatic carboxylic acids is 1. The van der Waals surface area contributed by atoms with Gasteiger partial charge >= 0.3 is 5.97 Å². The van der Waals surface area contributed by atoms with Crippen molar-refractivity contribution in [1.29, 1.82) is 0 Å². The molecule has 5 atom stereocenters. The van der Waals surface area contributed by atoms with Crippen molar-refractivity contribution in [2.45, 2.75) is 26.7 Å². The highest BCUT2D eigenvalue weighted by atomic mass is 16.4. The van der Waals surface area contributed by atoms with E-state index < -0.39 is 5.97 Å². The molecule has 3 aliphatic carbocycles. The quantitative estimate of drug-likeness (QED) is 0.705. The van der Waals surface area contributed by atoms with Crippen LogP contribution in [0.1, 0.15) is 26.7 Å². The molecular formula is C13H18O2. The van der Waals surface area contributed by atoms with E-state index >= 15 is 0 Å². The molecule has 2 nitrogen and oxygen atoms in total. The van der Waals surface area contributed by atoms with Crippen LogP contribution >= 0.6 is 0 Å². The van der Waals surface area contributed by atoms with E-state index in [2.05, 4.69) is 26.0 Å². The predicted molar refractivity (Wildman–Crippen MR) is 57.2 cm³/mol. The van der Waals surface area contributed by atoms with Crippen molar-refractivity contribution in [1.82, 2.24) is 0 Å². The Labute approximate surface area is 90.4 Å². The summed E-state index contributed by atoms with van der Waals surface area (Å²) < 4.78 is 0. The first-order valence-electron chi connectivity index (χ1n) is 5.93. The van der Waals surface area contributed by atoms with E-state index in [1.54, 1.807) is 0 Å². The number of carbonyl (C=O) groups is 1. The average Bonchev–Trinajstić information content (AvgIpc) is 2.58. The topological polar surface area (TPSA) is 37.3 Å². The van der Waals surface area contributed by atoms with Crippen LogP contribution in [0.4, 0.5) is 0 Å². The number of fused-ring (bicyclic) bond motifs is 2. The maximum atomic E-state index is 11.1. The van der Waals surface area contributed by atoms with Crippen molar-refractivity contribution in [3.8, 4) is 0 Å². The van der Waals surface area contributed by atoms with Crippen LogP contribution in [0.3, 0.4) is 0 Å². The zero-order valence-electron chi connectivity index (χ0n) is 9.31. The van der Waals surface area contributed by atoms with Gasteiger partial charge in [-0.15, -0.1) is 0 Å². The summed E-state index contributed by atoms with van der Waals surface area (Å²) >= 11 is 0. The number of hydrogen-bond acceptors (Lipinski definition) is 1. The zero-order chi connectivity index (χ0) is 10.8. The van der Waals surface area contributed by atoms with Crippen LogP contribution in [0, 0.1) is 35.0 Å². The molecule has 0 aromatic rings. The summed E-state index contributed by atoms with van der Waals surface area (Å²) in [4.78, 5) is 11.1. The Morgan fingerprint density at radius 1 is 1.33 bits per heavy atom. The fourth-order valence-corrected chi connectivity index (χ4v) is 4.18. The molecule has 0 saturated heterocycles. The molecule has 1 N–H and O–H groups in total. The van der Waals surface area contributed by atoms with Crippen LogP contribution in [-0.4, -0.2) is 11.1 Å². The van der Waals surface area contributed by atoms with Crippen molar-refractivity contribution in [3.63, 3.8) is 0 Å². The number of rotatable bonds is 2. The van der Waals surface area contributed by atoms with Gasteiger partial charge < -0.3 is 5.11 Å². The first-order chi connectivity index (χ1) is 7.01. The van der Waals surface area contributed by atoms with Gasteiger partial charge in [0.05, 0.1) is 5.92 Å². The monoisotopic (exact) mass is 206 g/mol. The smallest absolute Gasteiger partial charge is 0.307 e. The van der Waals surface area contributed by atoms with Gasteiger partial charge in [-0.3, -0.25) is 4.79 Å². The standard InChI is InChI=1S/C13H18O2/c1-13(2)10(11(13)12(14)15)9-6-7-3-4-8(9)5-7/h3-4,7-11H,5-6H2,1-2H3,(H,14,15). The lowest BCUT2D eigenvalue weighted by Crippen LogP contribution is -2.13. The first-order valence-corrected chi connectivity index (χ1v) is 5.93. The Hall–Kier alpha value is -0.790. The van der Waals surface area contributed by atoms with Crippen LogP contribution in [0.5, 0.6) is 0 Å². The van der Waals surface area contributed by atoms with Gasteiger partial charge in [0.15, 0.2) is 0 Å². The minimum atomic E-state index is -0.586. The Balaban J connectivity index is 1.80. The maximum Gasteiger partial charge on any atom is 0.307 e. The van der Waals surface area contributed by atoms with E-state index in [9.17, 15) is 9.90 Å². The second-order valence-corrected chi connectivity index (χ2v) is 6.11.